The lowest BCUT2D eigenvalue weighted by Gasteiger charge is -2.26. The number of carbonyl (C=O) groups is 2. The number of carbonyl (C=O) groups excluding carboxylic acids is 1. The van der Waals surface area contributed by atoms with Gasteiger partial charge in [-0.3, -0.25) is 14.5 Å². The van der Waals surface area contributed by atoms with Crippen LogP contribution in [0.25, 0.3) is 22.4 Å². The van der Waals surface area contributed by atoms with E-state index in [1.165, 1.54) is 11.3 Å². The Kier molecular flexibility index (Phi) is 8.28. The van der Waals surface area contributed by atoms with E-state index in [0.717, 1.165) is 62.0 Å². The minimum Gasteiger partial charge on any atom is -0.488 e. The van der Waals surface area contributed by atoms with Crippen LogP contribution < -0.4 is 19.3 Å². The number of aliphatic carboxylic acids is 1. The second-order valence-corrected chi connectivity index (χ2v) is 12.2. The molecular formula is C31H35FN4O5S. The number of fused-ring (bicyclic) bond motifs is 1. The maximum atomic E-state index is 13.9. The van der Waals surface area contributed by atoms with Crippen molar-refractivity contribution in [3.05, 3.63) is 35.8 Å². The van der Waals surface area contributed by atoms with Crippen molar-refractivity contribution in [2.45, 2.75) is 57.4 Å². The minimum atomic E-state index is -0.961. The van der Waals surface area contributed by atoms with Crippen LogP contribution in [0.1, 0.15) is 51.4 Å². The smallest absolute Gasteiger partial charge is 0.304 e. The zero-order chi connectivity index (χ0) is 29.2. The van der Waals surface area contributed by atoms with Gasteiger partial charge in [0.15, 0.2) is 16.7 Å². The number of hydrogen-bond acceptors (Lipinski definition) is 8. The van der Waals surface area contributed by atoms with Gasteiger partial charge in [-0.05, 0) is 55.0 Å². The molecule has 0 bridgehead atoms. The van der Waals surface area contributed by atoms with Crippen molar-refractivity contribution in [2.24, 2.45) is 11.8 Å². The number of thiazole rings is 1. The molecule has 0 spiro atoms. The number of likely N-dealkylation sites (N-methyl/N-ethyl adjacent to an activating group) is 1. The summed E-state index contributed by atoms with van der Waals surface area (Å²) in [6.07, 6.45) is 8.31. The highest BCUT2D eigenvalue weighted by molar-refractivity contribution is 7.14. The number of rotatable bonds is 11. The molecule has 2 aromatic heterocycles. The molecule has 2 aliphatic carbocycles. The van der Waals surface area contributed by atoms with Gasteiger partial charge in [0.05, 0.1) is 18.7 Å². The largest absolute Gasteiger partial charge is 0.488 e. The van der Waals surface area contributed by atoms with E-state index >= 15 is 0 Å². The van der Waals surface area contributed by atoms with Crippen LogP contribution >= 0.6 is 11.3 Å². The number of ether oxygens (including phenoxy) is 2. The van der Waals surface area contributed by atoms with Crippen LogP contribution in [0.3, 0.4) is 0 Å². The summed E-state index contributed by atoms with van der Waals surface area (Å²) < 4.78 is 24.2. The number of anilines is 2. The van der Waals surface area contributed by atoms with Gasteiger partial charge in [0.25, 0.3) is 0 Å². The fourth-order valence-corrected chi connectivity index (χ4v) is 7.01. The number of alkyl halides is 1. The summed E-state index contributed by atoms with van der Waals surface area (Å²) in [7, 11) is 1.97. The van der Waals surface area contributed by atoms with E-state index in [2.05, 4.69) is 4.98 Å². The standard InChI is InChI=1S/C31H35FN4O5S/c1-35-10-11-40-27-13-21(16-33-29(27)35)24-9-8-23(41-18-32)15-25(24)26-17-42-31(34-26)36(22-6-7-22)30(39)20(14-28(37)38)12-19-4-2-3-5-19/h8-9,13,15-17,19-20,22H,2-7,10-12,14,18H2,1H3,(H,37,38). The second-order valence-electron chi connectivity index (χ2n) is 11.4. The average molecular weight is 595 g/mol. The highest BCUT2D eigenvalue weighted by Crippen LogP contribution is 2.42. The van der Waals surface area contributed by atoms with Crippen molar-refractivity contribution in [3.8, 4) is 33.9 Å². The van der Waals surface area contributed by atoms with Crippen molar-refractivity contribution in [1.29, 1.82) is 0 Å². The number of hydrogen-bond donors (Lipinski definition) is 1. The fraction of sp³-hybridized carbons (Fsp3) is 0.484. The number of aromatic nitrogens is 2. The van der Waals surface area contributed by atoms with Crippen LogP contribution in [0.15, 0.2) is 35.8 Å². The van der Waals surface area contributed by atoms with E-state index in [0.29, 0.717) is 46.8 Å². The predicted octanol–water partition coefficient (Wildman–Crippen LogP) is 6.17. The first-order valence-corrected chi connectivity index (χ1v) is 15.5. The van der Waals surface area contributed by atoms with Gasteiger partial charge in [-0.1, -0.05) is 25.7 Å². The Bertz CT molecular complexity index is 1450. The molecule has 1 aromatic carbocycles. The summed E-state index contributed by atoms with van der Waals surface area (Å²) in [5, 5.41) is 12.1. The van der Waals surface area contributed by atoms with Gasteiger partial charge in [0, 0.05) is 41.7 Å². The topological polar surface area (TPSA) is 105 Å². The van der Waals surface area contributed by atoms with E-state index in [1.54, 1.807) is 23.2 Å². The number of carboxylic acids is 1. The monoisotopic (exact) mass is 594 g/mol. The molecule has 9 nitrogen and oxygen atoms in total. The molecule has 1 N–H and O–H groups in total. The third kappa shape index (κ3) is 6.06. The van der Waals surface area contributed by atoms with E-state index in [4.69, 9.17) is 14.5 Å². The molecule has 3 heterocycles. The van der Waals surface area contributed by atoms with Crippen LogP contribution in [0.2, 0.25) is 0 Å². The maximum absolute atomic E-state index is 13.9. The first-order valence-electron chi connectivity index (χ1n) is 14.6. The van der Waals surface area contributed by atoms with Crippen molar-refractivity contribution >= 4 is 34.2 Å². The zero-order valence-electron chi connectivity index (χ0n) is 23.6. The molecule has 222 valence electrons. The van der Waals surface area contributed by atoms with Crippen molar-refractivity contribution < 1.29 is 28.6 Å². The molecule has 2 fully saturated rings. The van der Waals surface area contributed by atoms with Crippen molar-refractivity contribution in [3.63, 3.8) is 0 Å². The lowest BCUT2D eigenvalue weighted by Crippen LogP contribution is -2.39. The fourth-order valence-electron chi connectivity index (χ4n) is 6.10. The van der Waals surface area contributed by atoms with E-state index in [9.17, 15) is 19.1 Å². The Labute approximate surface area is 248 Å². The summed E-state index contributed by atoms with van der Waals surface area (Å²) in [6.45, 7) is 0.359. The molecule has 1 unspecified atom stereocenters. The van der Waals surface area contributed by atoms with Gasteiger partial charge < -0.3 is 19.5 Å². The number of halogens is 1. The van der Waals surface area contributed by atoms with Gasteiger partial charge in [0.1, 0.15) is 12.4 Å². The molecule has 3 aliphatic rings. The Morgan fingerprint density at radius 3 is 2.76 bits per heavy atom. The normalized spacial score (nSPS) is 17.4. The Balaban J connectivity index is 1.34. The summed E-state index contributed by atoms with van der Waals surface area (Å²) in [5.74, 6) is 0.532. The lowest BCUT2D eigenvalue weighted by molar-refractivity contribution is -0.141. The molecule has 11 heteroatoms. The lowest BCUT2D eigenvalue weighted by atomic mass is 9.90. The van der Waals surface area contributed by atoms with E-state index in [1.807, 2.05) is 29.5 Å². The quantitative estimate of drug-likeness (QED) is 0.281. The summed E-state index contributed by atoms with van der Waals surface area (Å²) >= 11 is 1.36. The number of pyridine rings is 1. The molecule has 1 amide bonds. The molecular weight excluding hydrogens is 559 g/mol. The molecule has 42 heavy (non-hydrogen) atoms. The Morgan fingerprint density at radius 1 is 1.21 bits per heavy atom. The molecule has 0 saturated heterocycles. The van der Waals surface area contributed by atoms with Crippen LogP contribution in [-0.4, -0.2) is 60.1 Å². The van der Waals surface area contributed by atoms with Gasteiger partial charge >= 0.3 is 5.97 Å². The van der Waals surface area contributed by atoms with E-state index in [-0.39, 0.29) is 18.4 Å². The van der Waals surface area contributed by atoms with Crippen molar-refractivity contribution in [2.75, 3.05) is 36.9 Å². The molecule has 3 aromatic rings. The molecule has 2 saturated carbocycles. The number of carboxylic acid groups (broad SMARTS) is 1. The summed E-state index contributed by atoms with van der Waals surface area (Å²) in [5.41, 5.74) is 2.97. The maximum Gasteiger partial charge on any atom is 0.304 e. The molecule has 1 aliphatic heterocycles. The average Bonchev–Trinajstić information content (AvgIpc) is 3.45. The first kappa shape index (κ1) is 28.4. The van der Waals surface area contributed by atoms with E-state index < -0.39 is 18.7 Å². The molecule has 6 rings (SSSR count). The Hall–Kier alpha value is -3.73. The highest BCUT2D eigenvalue weighted by atomic mass is 32.1. The number of amides is 1. The van der Waals surface area contributed by atoms with Gasteiger partial charge in [-0.2, -0.15) is 0 Å². The van der Waals surface area contributed by atoms with Crippen LogP contribution in [-0.2, 0) is 9.59 Å². The highest BCUT2D eigenvalue weighted by Gasteiger charge is 2.40. The minimum absolute atomic E-state index is 0.0241. The molecule has 1 atom stereocenters. The van der Waals surface area contributed by atoms with Crippen LogP contribution in [0.5, 0.6) is 11.5 Å². The van der Waals surface area contributed by atoms with Crippen LogP contribution in [0.4, 0.5) is 15.3 Å². The summed E-state index contributed by atoms with van der Waals surface area (Å²) in [6, 6.07) is 7.27. The number of nitrogens with zero attached hydrogens (tertiary/aromatic N) is 4. The summed E-state index contributed by atoms with van der Waals surface area (Å²) in [4.78, 5) is 39.0. The second kappa shape index (κ2) is 12.2. The molecule has 0 radical (unpaired) electrons. The third-order valence-electron chi connectivity index (χ3n) is 8.39. The zero-order valence-corrected chi connectivity index (χ0v) is 24.4. The Morgan fingerprint density at radius 2 is 2.02 bits per heavy atom. The van der Waals surface area contributed by atoms with Gasteiger partial charge in [-0.15, -0.1) is 11.3 Å². The predicted molar refractivity (Wildman–Crippen MR) is 159 cm³/mol. The SMILES string of the molecule is CN1CCOc2cc(-c3ccc(OCF)cc3-c3csc(N(C(=O)C(CC(=O)O)CC4CCCC4)C4CC4)n3)cnc21. The van der Waals surface area contributed by atoms with Gasteiger partial charge in [-0.25, -0.2) is 14.4 Å². The van der Waals surface area contributed by atoms with Gasteiger partial charge in [0.2, 0.25) is 12.8 Å². The first-order chi connectivity index (χ1) is 20.4. The third-order valence-corrected chi connectivity index (χ3v) is 9.23. The number of benzene rings is 1. The van der Waals surface area contributed by atoms with Crippen LogP contribution in [0, 0.1) is 11.8 Å². The van der Waals surface area contributed by atoms with Crippen molar-refractivity contribution in [1.82, 2.24) is 9.97 Å².